The van der Waals surface area contributed by atoms with E-state index in [1.807, 2.05) is 6.92 Å². The fraction of sp³-hybridized carbons (Fsp3) is 0.286. The molecule has 0 amide bonds. The summed E-state index contributed by atoms with van der Waals surface area (Å²) in [5, 5.41) is 3.27. The van der Waals surface area contributed by atoms with Gasteiger partial charge in [-0.1, -0.05) is 0 Å². The summed E-state index contributed by atoms with van der Waals surface area (Å²) in [6.45, 7) is 2.76. The third-order valence-electron chi connectivity index (χ3n) is 1.60. The molecule has 2 aromatic heterocycles. The summed E-state index contributed by atoms with van der Waals surface area (Å²) in [5.74, 6) is 0.690. The molecular formula is C7H8ClN5. The number of aromatic nitrogens is 4. The average Bonchev–Trinajstić information content (AvgIpc) is 2.52. The van der Waals surface area contributed by atoms with Gasteiger partial charge in [-0.05, 0) is 18.5 Å². The summed E-state index contributed by atoms with van der Waals surface area (Å²) in [7, 11) is 0. The SMILES string of the molecule is CCNc1nc(Cl)nc2nc[nH]c12. The number of hydrogen-bond acceptors (Lipinski definition) is 4. The molecule has 0 aliphatic carbocycles. The van der Waals surface area contributed by atoms with Crippen molar-refractivity contribution in [2.24, 2.45) is 0 Å². The summed E-state index contributed by atoms with van der Waals surface area (Å²) in [6.07, 6.45) is 1.57. The summed E-state index contributed by atoms with van der Waals surface area (Å²) in [5.41, 5.74) is 1.36. The number of imidazole rings is 1. The number of nitrogens with one attached hydrogen (secondary N) is 2. The van der Waals surface area contributed by atoms with Crippen LogP contribution in [0.15, 0.2) is 6.33 Å². The van der Waals surface area contributed by atoms with E-state index in [2.05, 4.69) is 25.3 Å². The Bertz CT molecular complexity index is 424. The predicted molar refractivity (Wildman–Crippen MR) is 50.9 cm³/mol. The quantitative estimate of drug-likeness (QED) is 0.715. The van der Waals surface area contributed by atoms with E-state index in [1.54, 1.807) is 6.33 Å². The smallest absolute Gasteiger partial charge is 0.226 e. The molecule has 0 unspecified atom stereocenters. The van der Waals surface area contributed by atoms with Crippen LogP contribution in [0.2, 0.25) is 5.28 Å². The highest BCUT2D eigenvalue weighted by Crippen LogP contribution is 2.17. The van der Waals surface area contributed by atoms with E-state index in [9.17, 15) is 0 Å². The Morgan fingerprint density at radius 3 is 3.15 bits per heavy atom. The second kappa shape index (κ2) is 3.18. The zero-order valence-electron chi connectivity index (χ0n) is 7.00. The molecule has 2 heterocycles. The third-order valence-corrected chi connectivity index (χ3v) is 1.77. The normalized spacial score (nSPS) is 10.6. The Morgan fingerprint density at radius 1 is 1.54 bits per heavy atom. The number of nitrogens with zero attached hydrogens (tertiary/aromatic N) is 3. The van der Waals surface area contributed by atoms with Gasteiger partial charge in [-0.3, -0.25) is 0 Å². The number of H-pyrrole nitrogens is 1. The second-order valence-corrected chi connectivity index (χ2v) is 2.81. The van der Waals surface area contributed by atoms with Crippen molar-refractivity contribution < 1.29 is 0 Å². The van der Waals surface area contributed by atoms with Gasteiger partial charge in [0.25, 0.3) is 0 Å². The van der Waals surface area contributed by atoms with Crippen LogP contribution in [0.25, 0.3) is 11.2 Å². The van der Waals surface area contributed by atoms with E-state index >= 15 is 0 Å². The van der Waals surface area contributed by atoms with Crippen molar-refractivity contribution in [2.75, 3.05) is 11.9 Å². The van der Waals surface area contributed by atoms with Crippen LogP contribution in [0, 0.1) is 0 Å². The largest absolute Gasteiger partial charge is 0.368 e. The molecule has 5 nitrogen and oxygen atoms in total. The van der Waals surface area contributed by atoms with Crippen molar-refractivity contribution in [2.45, 2.75) is 6.92 Å². The van der Waals surface area contributed by atoms with Gasteiger partial charge in [0.1, 0.15) is 5.52 Å². The van der Waals surface area contributed by atoms with Crippen molar-refractivity contribution in [1.29, 1.82) is 0 Å². The lowest BCUT2D eigenvalue weighted by Gasteiger charge is -2.02. The fourth-order valence-corrected chi connectivity index (χ4v) is 1.27. The van der Waals surface area contributed by atoms with Gasteiger partial charge in [0.15, 0.2) is 11.5 Å². The molecule has 0 fully saturated rings. The molecule has 68 valence electrons. The molecule has 2 aromatic rings. The predicted octanol–water partition coefficient (Wildman–Crippen LogP) is 1.44. The lowest BCUT2D eigenvalue weighted by atomic mass is 10.5. The van der Waals surface area contributed by atoms with Crippen molar-refractivity contribution in [3.8, 4) is 0 Å². The van der Waals surface area contributed by atoms with Gasteiger partial charge in [-0.15, -0.1) is 0 Å². The van der Waals surface area contributed by atoms with Crippen LogP contribution in [0.3, 0.4) is 0 Å². The van der Waals surface area contributed by atoms with E-state index in [1.165, 1.54) is 0 Å². The number of fused-ring (bicyclic) bond motifs is 1. The zero-order chi connectivity index (χ0) is 9.26. The molecule has 0 aromatic carbocycles. The second-order valence-electron chi connectivity index (χ2n) is 2.47. The monoisotopic (exact) mass is 197 g/mol. The minimum Gasteiger partial charge on any atom is -0.368 e. The Morgan fingerprint density at radius 2 is 2.38 bits per heavy atom. The minimum absolute atomic E-state index is 0.204. The van der Waals surface area contributed by atoms with Crippen molar-refractivity contribution >= 4 is 28.6 Å². The van der Waals surface area contributed by atoms with Crippen LogP contribution in [0.5, 0.6) is 0 Å². The molecular weight excluding hydrogens is 190 g/mol. The molecule has 0 saturated carbocycles. The standard InChI is InChI=1S/C7H8ClN5/c1-2-9-5-4-6(11-3-10-4)13-7(8)12-5/h3H,2H2,1H3,(H2,9,10,11,12,13). The average molecular weight is 198 g/mol. The molecule has 0 radical (unpaired) electrons. The van der Waals surface area contributed by atoms with E-state index in [-0.39, 0.29) is 5.28 Å². The summed E-state index contributed by atoms with van der Waals surface area (Å²) < 4.78 is 0. The van der Waals surface area contributed by atoms with Crippen LogP contribution >= 0.6 is 11.6 Å². The number of hydrogen-bond donors (Lipinski definition) is 2. The first-order chi connectivity index (χ1) is 6.31. The molecule has 0 saturated heterocycles. The first-order valence-corrected chi connectivity index (χ1v) is 4.29. The first-order valence-electron chi connectivity index (χ1n) is 3.91. The van der Waals surface area contributed by atoms with E-state index in [0.717, 1.165) is 12.1 Å². The Labute approximate surface area is 79.6 Å². The van der Waals surface area contributed by atoms with Crippen LogP contribution in [-0.4, -0.2) is 26.5 Å². The molecule has 13 heavy (non-hydrogen) atoms. The first kappa shape index (κ1) is 8.25. The van der Waals surface area contributed by atoms with Gasteiger partial charge >= 0.3 is 0 Å². The van der Waals surface area contributed by atoms with Gasteiger partial charge in [-0.25, -0.2) is 4.98 Å². The van der Waals surface area contributed by atoms with Crippen LogP contribution in [0.1, 0.15) is 6.92 Å². The molecule has 2 rings (SSSR count). The molecule has 2 N–H and O–H groups in total. The fourth-order valence-electron chi connectivity index (χ4n) is 1.10. The third kappa shape index (κ3) is 1.42. The van der Waals surface area contributed by atoms with E-state index in [4.69, 9.17) is 11.6 Å². The molecule has 6 heteroatoms. The molecule has 0 spiro atoms. The Kier molecular flexibility index (Phi) is 2.02. The van der Waals surface area contributed by atoms with Gasteiger partial charge in [0.05, 0.1) is 6.33 Å². The molecule has 0 aliphatic heterocycles. The Hall–Kier alpha value is -1.36. The van der Waals surface area contributed by atoms with Crippen LogP contribution < -0.4 is 5.32 Å². The zero-order valence-corrected chi connectivity index (χ0v) is 7.76. The summed E-state index contributed by atoms with van der Waals surface area (Å²) in [4.78, 5) is 14.9. The summed E-state index contributed by atoms with van der Waals surface area (Å²) in [6, 6.07) is 0. The Balaban J connectivity index is 2.63. The van der Waals surface area contributed by atoms with E-state index in [0.29, 0.717) is 11.5 Å². The molecule has 0 aliphatic rings. The van der Waals surface area contributed by atoms with Crippen molar-refractivity contribution in [3.05, 3.63) is 11.6 Å². The number of anilines is 1. The highest BCUT2D eigenvalue weighted by Gasteiger charge is 2.06. The number of halogens is 1. The topological polar surface area (TPSA) is 66.5 Å². The van der Waals surface area contributed by atoms with Gasteiger partial charge in [-0.2, -0.15) is 9.97 Å². The lowest BCUT2D eigenvalue weighted by molar-refractivity contribution is 1.13. The minimum atomic E-state index is 0.204. The van der Waals surface area contributed by atoms with Gasteiger partial charge < -0.3 is 10.3 Å². The van der Waals surface area contributed by atoms with Crippen LogP contribution in [-0.2, 0) is 0 Å². The maximum Gasteiger partial charge on any atom is 0.226 e. The van der Waals surface area contributed by atoms with E-state index < -0.39 is 0 Å². The van der Waals surface area contributed by atoms with Crippen molar-refractivity contribution in [3.63, 3.8) is 0 Å². The maximum atomic E-state index is 5.70. The highest BCUT2D eigenvalue weighted by molar-refractivity contribution is 6.28. The van der Waals surface area contributed by atoms with Gasteiger partial charge in [0, 0.05) is 6.54 Å². The van der Waals surface area contributed by atoms with Crippen LogP contribution in [0.4, 0.5) is 5.82 Å². The number of rotatable bonds is 2. The highest BCUT2D eigenvalue weighted by atomic mass is 35.5. The lowest BCUT2D eigenvalue weighted by Crippen LogP contribution is -2.01. The molecule has 0 atom stereocenters. The van der Waals surface area contributed by atoms with Crippen molar-refractivity contribution in [1.82, 2.24) is 19.9 Å². The summed E-state index contributed by atoms with van der Waals surface area (Å²) >= 11 is 5.70. The maximum absolute atomic E-state index is 5.70. The van der Waals surface area contributed by atoms with Gasteiger partial charge in [0.2, 0.25) is 5.28 Å². The number of aromatic amines is 1. The molecule has 0 bridgehead atoms.